The lowest BCUT2D eigenvalue weighted by Crippen LogP contribution is -2.02. The van der Waals surface area contributed by atoms with Gasteiger partial charge in [0.05, 0.1) is 39.2 Å². The molecule has 0 spiro atoms. The molecule has 3 aromatic carbocycles. The van der Waals surface area contributed by atoms with E-state index < -0.39 is 0 Å². The third kappa shape index (κ3) is 4.22. The lowest BCUT2D eigenvalue weighted by Gasteiger charge is -2.14. The molecule has 4 aromatic rings. The molecule has 2 N–H and O–H groups in total. The Balaban J connectivity index is 1.96. The first-order valence-electron chi connectivity index (χ1n) is 10.7. The zero-order valence-electron chi connectivity index (χ0n) is 19.5. The zero-order chi connectivity index (χ0) is 24.2. The summed E-state index contributed by atoms with van der Waals surface area (Å²) in [5.74, 6) is 2.27. The zero-order valence-corrected chi connectivity index (χ0v) is 19.5. The van der Waals surface area contributed by atoms with Crippen molar-refractivity contribution in [3.05, 3.63) is 66.5 Å². The Labute approximate surface area is 197 Å². The Kier molecular flexibility index (Phi) is 6.58. The van der Waals surface area contributed by atoms with Gasteiger partial charge in [0, 0.05) is 5.56 Å². The van der Waals surface area contributed by atoms with Gasteiger partial charge in [0.15, 0.2) is 11.5 Å². The van der Waals surface area contributed by atoms with Gasteiger partial charge in [-0.15, -0.1) is 0 Å². The van der Waals surface area contributed by atoms with Gasteiger partial charge >= 0.3 is 0 Å². The molecule has 0 aliphatic rings. The topological polar surface area (TPSA) is 80.8 Å². The number of hydrogen-bond donors (Lipinski definition) is 1. The number of aromatic nitrogens is 2. The van der Waals surface area contributed by atoms with Gasteiger partial charge < -0.3 is 24.7 Å². The number of rotatable bonds is 8. The minimum absolute atomic E-state index is 0.342. The predicted octanol–water partition coefficient (Wildman–Crippen LogP) is 5.35. The Bertz CT molecular complexity index is 1260. The van der Waals surface area contributed by atoms with E-state index in [-0.39, 0.29) is 5.82 Å². The van der Waals surface area contributed by atoms with Crippen molar-refractivity contribution in [2.45, 2.75) is 6.92 Å². The van der Waals surface area contributed by atoms with E-state index in [1.165, 1.54) is 12.1 Å². The number of ether oxygens (including phenoxy) is 4. The van der Waals surface area contributed by atoms with Gasteiger partial charge in [0.25, 0.3) is 0 Å². The smallest absolute Gasteiger partial charge is 0.203 e. The van der Waals surface area contributed by atoms with Crippen LogP contribution in [-0.2, 0) is 0 Å². The summed E-state index contributed by atoms with van der Waals surface area (Å²) in [5.41, 5.74) is 10.1. The maximum Gasteiger partial charge on any atom is 0.203 e. The highest BCUT2D eigenvalue weighted by molar-refractivity contribution is 5.90. The maximum atomic E-state index is 13.5. The summed E-state index contributed by atoms with van der Waals surface area (Å²) in [4.78, 5) is 0. The minimum atomic E-state index is -0.342. The van der Waals surface area contributed by atoms with E-state index in [4.69, 9.17) is 29.8 Å². The molecule has 176 valence electrons. The highest BCUT2D eigenvalue weighted by Crippen LogP contribution is 2.44. The average molecular weight is 464 g/mol. The number of anilines is 1. The van der Waals surface area contributed by atoms with E-state index in [2.05, 4.69) is 0 Å². The van der Waals surface area contributed by atoms with Crippen LogP contribution in [0.5, 0.6) is 23.0 Å². The number of methoxy groups -OCH3 is 3. The molecular weight excluding hydrogens is 437 g/mol. The van der Waals surface area contributed by atoms with Gasteiger partial charge in [-0.3, -0.25) is 0 Å². The van der Waals surface area contributed by atoms with Crippen LogP contribution in [0.25, 0.3) is 28.1 Å². The van der Waals surface area contributed by atoms with E-state index in [1.807, 2.05) is 43.3 Å². The van der Waals surface area contributed by atoms with Crippen molar-refractivity contribution < 1.29 is 23.3 Å². The maximum absolute atomic E-state index is 13.5. The van der Waals surface area contributed by atoms with Crippen molar-refractivity contribution in [3.63, 3.8) is 0 Å². The second kappa shape index (κ2) is 9.74. The molecule has 8 heteroatoms. The molecule has 1 heterocycles. The fraction of sp³-hybridized carbons (Fsp3) is 0.192. The summed E-state index contributed by atoms with van der Waals surface area (Å²) in [6.07, 6.45) is 0. The van der Waals surface area contributed by atoms with Crippen molar-refractivity contribution in [1.82, 2.24) is 9.78 Å². The lowest BCUT2D eigenvalue weighted by molar-refractivity contribution is 0.324. The second-order valence-electron chi connectivity index (χ2n) is 7.37. The van der Waals surface area contributed by atoms with E-state index in [9.17, 15) is 4.39 Å². The van der Waals surface area contributed by atoms with Crippen molar-refractivity contribution in [1.29, 1.82) is 0 Å². The summed E-state index contributed by atoms with van der Waals surface area (Å²) >= 11 is 0. The fourth-order valence-corrected chi connectivity index (χ4v) is 3.80. The molecule has 0 saturated carbocycles. The number of nitrogens with two attached hydrogens (primary N) is 1. The molecular formula is C26H26FN3O4. The van der Waals surface area contributed by atoms with Crippen LogP contribution in [0.3, 0.4) is 0 Å². The molecule has 0 aliphatic heterocycles. The minimum Gasteiger partial charge on any atom is -0.494 e. The number of hydrogen-bond acceptors (Lipinski definition) is 6. The summed E-state index contributed by atoms with van der Waals surface area (Å²) in [7, 11) is 4.66. The second-order valence-corrected chi connectivity index (χ2v) is 7.37. The van der Waals surface area contributed by atoms with Gasteiger partial charge in [0.2, 0.25) is 5.75 Å². The molecule has 0 radical (unpaired) electrons. The third-order valence-corrected chi connectivity index (χ3v) is 5.38. The SMILES string of the molecule is CCOc1ccc(-c2c(-c3cc(OC)c(OC)c(OC)c3)nn(-c3ccc(F)cc3)c2N)cc1. The van der Waals surface area contributed by atoms with Crippen molar-refractivity contribution in [3.8, 4) is 51.1 Å². The highest BCUT2D eigenvalue weighted by atomic mass is 19.1. The molecule has 0 saturated heterocycles. The molecule has 0 unspecified atom stereocenters. The van der Waals surface area contributed by atoms with Crippen molar-refractivity contribution >= 4 is 5.82 Å². The largest absolute Gasteiger partial charge is 0.494 e. The summed E-state index contributed by atoms with van der Waals surface area (Å²) in [5, 5.41) is 4.81. The molecule has 0 aliphatic carbocycles. The highest BCUT2D eigenvalue weighted by Gasteiger charge is 2.23. The number of benzene rings is 3. The first kappa shape index (κ1) is 23.0. The number of nitrogens with zero attached hydrogens (tertiary/aromatic N) is 2. The molecule has 0 atom stereocenters. The van der Waals surface area contributed by atoms with Crippen LogP contribution in [0, 0.1) is 5.82 Å². The molecule has 1 aromatic heterocycles. The van der Waals surface area contributed by atoms with Gasteiger partial charge in [-0.2, -0.15) is 5.10 Å². The van der Waals surface area contributed by atoms with E-state index >= 15 is 0 Å². The van der Waals surface area contributed by atoms with Crippen LogP contribution in [0.4, 0.5) is 10.2 Å². The van der Waals surface area contributed by atoms with Gasteiger partial charge in [-0.05, 0) is 61.0 Å². The number of halogens is 1. The first-order chi connectivity index (χ1) is 16.5. The van der Waals surface area contributed by atoms with Crippen molar-refractivity contribution in [2.24, 2.45) is 0 Å². The first-order valence-corrected chi connectivity index (χ1v) is 10.7. The van der Waals surface area contributed by atoms with Gasteiger partial charge in [-0.1, -0.05) is 12.1 Å². The molecule has 0 amide bonds. The Morgan fingerprint density at radius 3 is 2.00 bits per heavy atom. The molecule has 7 nitrogen and oxygen atoms in total. The van der Waals surface area contributed by atoms with Crippen LogP contribution in [0.1, 0.15) is 6.92 Å². The predicted molar refractivity (Wildman–Crippen MR) is 130 cm³/mol. The van der Waals surface area contributed by atoms with E-state index in [0.29, 0.717) is 52.2 Å². The van der Waals surface area contributed by atoms with E-state index in [1.54, 1.807) is 38.1 Å². The van der Waals surface area contributed by atoms with Crippen LogP contribution in [0.2, 0.25) is 0 Å². The standard InChI is InChI=1S/C26H26FN3O4/c1-5-34-20-12-6-16(7-13-20)23-24(17-14-21(31-2)25(33-4)22(15-17)32-3)29-30(26(23)28)19-10-8-18(27)9-11-19/h6-15H,5,28H2,1-4H3. The van der Waals surface area contributed by atoms with Crippen LogP contribution in [0.15, 0.2) is 60.7 Å². The quantitative estimate of drug-likeness (QED) is 0.379. The van der Waals surface area contributed by atoms with Crippen LogP contribution < -0.4 is 24.7 Å². The Hall–Kier alpha value is -4.20. The normalized spacial score (nSPS) is 10.7. The molecule has 0 fully saturated rings. The number of nitrogen functional groups attached to an aromatic ring is 1. The van der Waals surface area contributed by atoms with Gasteiger partial charge in [0.1, 0.15) is 23.1 Å². The third-order valence-electron chi connectivity index (χ3n) is 5.38. The van der Waals surface area contributed by atoms with Crippen LogP contribution in [-0.4, -0.2) is 37.7 Å². The molecule has 34 heavy (non-hydrogen) atoms. The summed E-state index contributed by atoms with van der Waals surface area (Å²) < 4.78 is 37.2. The lowest BCUT2D eigenvalue weighted by atomic mass is 10.00. The van der Waals surface area contributed by atoms with Crippen LogP contribution >= 0.6 is 0 Å². The summed E-state index contributed by atoms with van der Waals surface area (Å²) in [6.45, 7) is 2.50. The molecule has 4 rings (SSSR count). The molecule has 0 bridgehead atoms. The summed E-state index contributed by atoms with van der Waals surface area (Å²) in [6, 6.07) is 17.2. The Morgan fingerprint density at radius 1 is 0.853 bits per heavy atom. The fourth-order valence-electron chi connectivity index (χ4n) is 3.80. The monoisotopic (exact) mass is 463 g/mol. The van der Waals surface area contributed by atoms with Crippen molar-refractivity contribution in [2.75, 3.05) is 33.7 Å². The average Bonchev–Trinajstić information content (AvgIpc) is 3.21. The van der Waals surface area contributed by atoms with E-state index in [0.717, 1.165) is 11.3 Å². The Morgan fingerprint density at radius 2 is 1.47 bits per heavy atom. The van der Waals surface area contributed by atoms with Gasteiger partial charge in [-0.25, -0.2) is 9.07 Å².